The molecule has 1 saturated carbocycles. The van der Waals surface area contributed by atoms with E-state index in [0.29, 0.717) is 11.3 Å². The predicted molar refractivity (Wildman–Crippen MR) is 115 cm³/mol. The number of carbonyl (C=O) groups is 2. The average Bonchev–Trinajstić information content (AvgIpc) is 3.32. The topological polar surface area (TPSA) is 108 Å². The molecule has 0 bridgehead atoms. The number of amides is 2. The van der Waals surface area contributed by atoms with Crippen molar-refractivity contribution >= 4 is 49.5 Å². The maximum Gasteiger partial charge on any atom is 0.325 e. The first-order chi connectivity index (χ1) is 13.6. The SMILES string of the molecule is CN(C)c1ccc(NC(=O)Nc2ncc(S(C)(=O)=O)s2)c(C(=O)C2CCCC2)c1. The van der Waals surface area contributed by atoms with Gasteiger partial charge in [-0.25, -0.2) is 18.2 Å². The van der Waals surface area contributed by atoms with E-state index in [1.165, 1.54) is 6.20 Å². The van der Waals surface area contributed by atoms with E-state index in [9.17, 15) is 18.0 Å². The molecule has 1 heterocycles. The van der Waals surface area contributed by atoms with Crippen molar-refractivity contribution in [2.75, 3.05) is 35.9 Å². The second-order valence-electron chi connectivity index (χ2n) is 7.31. The van der Waals surface area contributed by atoms with Crippen LogP contribution in [0.2, 0.25) is 0 Å². The maximum atomic E-state index is 13.0. The van der Waals surface area contributed by atoms with E-state index in [4.69, 9.17) is 0 Å². The third kappa shape index (κ3) is 5.13. The van der Waals surface area contributed by atoms with Crippen LogP contribution in [0, 0.1) is 5.92 Å². The number of hydrogen-bond acceptors (Lipinski definition) is 7. The number of Topliss-reactive ketones (excluding diaryl/α,β-unsaturated/α-hetero) is 1. The number of nitrogens with zero attached hydrogens (tertiary/aromatic N) is 2. The van der Waals surface area contributed by atoms with Gasteiger partial charge in [-0.05, 0) is 31.0 Å². The van der Waals surface area contributed by atoms with E-state index >= 15 is 0 Å². The van der Waals surface area contributed by atoms with Gasteiger partial charge in [0.15, 0.2) is 20.8 Å². The van der Waals surface area contributed by atoms with Crippen LogP contribution in [-0.4, -0.2) is 45.6 Å². The quantitative estimate of drug-likeness (QED) is 0.670. The summed E-state index contributed by atoms with van der Waals surface area (Å²) in [6, 6.07) is 4.74. The van der Waals surface area contributed by atoms with E-state index in [1.54, 1.807) is 12.1 Å². The first-order valence-corrected chi connectivity index (χ1v) is 12.0. The van der Waals surface area contributed by atoms with Crippen LogP contribution >= 0.6 is 11.3 Å². The normalized spacial score (nSPS) is 14.6. The lowest BCUT2D eigenvalue weighted by Gasteiger charge is -2.18. The Labute approximate surface area is 174 Å². The largest absolute Gasteiger partial charge is 0.378 e. The molecular formula is C19H24N4O4S2. The Morgan fingerprint density at radius 1 is 1.17 bits per heavy atom. The lowest BCUT2D eigenvalue weighted by atomic mass is 9.94. The van der Waals surface area contributed by atoms with Crippen molar-refractivity contribution < 1.29 is 18.0 Å². The smallest absolute Gasteiger partial charge is 0.325 e. The molecule has 0 atom stereocenters. The zero-order valence-corrected chi connectivity index (χ0v) is 18.2. The Kier molecular flexibility index (Phi) is 6.23. The lowest BCUT2D eigenvalue weighted by molar-refractivity contribution is 0.0924. The number of ketones is 1. The predicted octanol–water partition coefficient (Wildman–Crippen LogP) is 3.63. The molecule has 156 valence electrons. The van der Waals surface area contributed by atoms with Gasteiger partial charge in [-0.15, -0.1) is 0 Å². The number of thiazole rings is 1. The first kappa shape index (κ1) is 21.3. The van der Waals surface area contributed by atoms with Crippen LogP contribution in [0.15, 0.2) is 28.6 Å². The molecule has 8 nitrogen and oxygen atoms in total. The fourth-order valence-electron chi connectivity index (χ4n) is 3.27. The van der Waals surface area contributed by atoms with Gasteiger partial charge in [0.2, 0.25) is 0 Å². The van der Waals surface area contributed by atoms with Crippen LogP contribution in [0.25, 0.3) is 0 Å². The fourth-order valence-corrected chi connectivity index (χ4v) is 4.90. The molecule has 3 rings (SSSR count). The van der Waals surface area contributed by atoms with Crippen LogP contribution in [-0.2, 0) is 9.84 Å². The molecule has 29 heavy (non-hydrogen) atoms. The minimum atomic E-state index is -3.38. The fraction of sp³-hybridized carbons (Fsp3) is 0.421. The first-order valence-electron chi connectivity index (χ1n) is 9.24. The average molecular weight is 437 g/mol. The second-order valence-corrected chi connectivity index (χ2v) is 10.6. The van der Waals surface area contributed by atoms with E-state index in [1.807, 2.05) is 25.1 Å². The molecule has 0 aliphatic heterocycles. The summed E-state index contributed by atoms with van der Waals surface area (Å²) >= 11 is 0.871. The van der Waals surface area contributed by atoms with Gasteiger partial charge in [0.25, 0.3) is 0 Å². The Bertz CT molecular complexity index is 1020. The standard InChI is InChI=1S/C19H24N4O4S2/c1-23(2)13-8-9-15(14(10-13)17(24)12-6-4-5-7-12)21-18(25)22-19-20-11-16(28-19)29(3,26)27/h8-12H,4-7H2,1-3H3,(H2,20,21,22,25). The second kappa shape index (κ2) is 8.50. The van der Waals surface area contributed by atoms with E-state index in [-0.39, 0.29) is 21.0 Å². The number of carbonyl (C=O) groups excluding carboxylic acids is 2. The number of nitrogens with one attached hydrogen (secondary N) is 2. The summed E-state index contributed by atoms with van der Waals surface area (Å²) in [5.74, 6) is 0.0161. The summed E-state index contributed by atoms with van der Waals surface area (Å²) in [7, 11) is 0.397. The zero-order valence-electron chi connectivity index (χ0n) is 16.6. The highest BCUT2D eigenvalue weighted by Gasteiger charge is 2.26. The molecule has 1 aliphatic rings. The van der Waals surface area contributed by atoms with E-state index in [0.717, 1.165) is 49.0 Å². The molecular weight excluding hydrogens is 412 g/mol. The van der Waals surface area contributed by atoms with E-state index < -0.39 is 15.9 Å². The van der Waals surface area contributed by atoms with Crippen molar-refractivity contribution in [2.45, 2.75) is 29.9 Å². The monoisotopic (exact) mass is 436 g/mol. The molecule has 2 amide bonds. The third-order valence-electron chi connectivity index (χ3n) is 4.83. The molecule has 0 radical (unpaired) electrons. The number of urea groups is 1. The molecule has 0 saturated heterocycles. The van der Waals surface area contributed by atoms with Crippen LogP contribution in [0.4, 0.5) is 21.3 Å². The number of benzene rings is 1. The van der Waals surface area contributed by atoms with Gasteiger partial charge in [-0.1, -0.05) is 24.2 Å². The molecule has 2 aromatic rings. The number of aromatic nitrogens is 1. The van der Waals surface area contributed by atoms with Crippen molar-refractivity contribution in [3.05, 3.63) is 30.0 Å². The van der Waals surface area contributed by atoms with Crippen LogP contribution in [0.3, 0.4) is 0 Å². The van der Waals surface area contributed by atoms with Gasteiger partial charge in [0.1, 0.15) is 4.21 Å². The Hall–Kier alpha value is -2.46. The van der Waals surface area contributed by atoms with E-state index in [2.05, 4.69) is 15.6 Å². The van der Waals surface area contributed by atoms with Crippen molar-refractivity contribution in [3.8, 4) is 0 Å². The number of sulfone groups is 1. The van der Waals surface area contributed by atoms with Gasteiger partial charge in [0, 0.05) is 37.5 Å². The van der Waals surface area contributed by atoms with Crippen LogP contribution in [0.5, 0.6) is 0 Å². The maximum absolute atomic E-state index is 13.0. The van der Waals surface area contributed by atoms with Gasteiger partial charge in [-0.2, -0.15) is 0 Å². The minimum absolute atomic E-state index is 0.0210. The third-order valence-corrected chi connectivity index (χ3v) is 7.53. The van der Waals surface area contributed by atoms with Gasteiger partial charge in [-0.3, -0.25) is 10.1 Å². The summed E-state index contributed by atoms with van der Waals surface area (Å²) < 4.78 is 23.2. The Morgan fingerprint density at radius 2 is 1.86 bits per heavy atom. The molecule has 1 aromatic carbocycles. The number of rotatable bonds is 6. The van der Waals surface area contributed by atoms with Crippen LogP contribution < -0.4 is 15.5 Å². The highest BCUT2D eigenvalue weighted by Crippen LogP contribution is 2.32. The molecule has 0 unspecified atom stereocenters. The van der Waals surface area contributed by atoms with Gasteiger partial charge < -0.3 is 10.2 Å². The molecule has 0 spiro atoms. The summed E-state index contributed by atoms with van der Waals surface area (Å²) in [4.78, 5) is 31.3. The molecule has 1 aliphatic carbocycles. The van der Waals surface area contributed by atoms with Crippen molar-refractivity contribution in [1.82, 2.24) is 4.98 Å². The molecule has 10 heteroatoms. The van der Waals surface area contributed by atoms with Crippen molar-refractivity contribution in [3.63, 3.8) is 0 Å². The number of hydrogen-bond donors (Lipinski definition) is 2. The molecule has 1 aromatic heterocycles. The Morgan fingerprint density at radius 3 is 2.45 bits per heavy atom. The van der Waals surface area contributed by atoms with Crippen LogP contribution in [0.1, 0.15) is 36.0 Å². The minimum Gasteiger partial charge on any atom is -0.378 e. The Balaban J connectivity index is 1.80. The molecule has 1 fully saturated rings. The summed E-state index contributed by atoms with van der Waals surface area (Å²) in [6.07, 6.45) is 6.10. The molecule has 2 N–H and O–H groups in total. The van der Waals surface area contributed by atoms with Gasteiger partial charge >= 0.3 is 6.03 Å². The van der Waals surface area contributed by atoms with Crippen molar-refractivity contribution in [1.29, 1.82) is 0 Å². The van der Waals surface area contributed by atoms with Crippen molar-refractivity contribution in [2.24, 2.45) is 5.92 Å². The summed E-state index contributed by atoms with van der Waals surface area (Å²) in [5, 5.41) is 5.40. The zero-order chi connectivity index (χ0) is 21.2. The summed E-state index contributed by atoms with van der Waals surface area (Å²) in [5.41, 5.74) is 1.77. The highest BCUT2D eigenvalue weighted by molar-refractivity contribution is 7.92. The van der Waals surface area contributed by atoms with Gasteiger partial charge in [0.05, 0.1) is 11.9 Å². The highest BCUT2D eigenvalue weighted by atomic mass is 32.2. The lowest BCUT2D eigenvalue weighted by Crippen LogP contribution is -2.22. The summed E-state index contributed by atoms with van der Waals surface area (Å²) in [6.45, 7) is 0. The number of anilines is 3.